The molecule has 0 amide bonds. The first kappa shape index (κ1) is 15.6. The number of hydrogen-bond donors (Lipinski definition) is 2. The van der Waals surface area contributed by atoms with E-state index >= 15 is 0 Å². The lowest BCUT2D eigenvalue weighted by molar-refractivity contribution is 0.0690. The molecule has 1 aromatic rings. The predicted octanol–water partition coefficient (Wildman–Crippen LogP) is 2.23. The van der Waals surface area contributed by atoms with E-state index in [9.17, 15) is 17.8 Å². The molecule has 7 heteroatoms. The van der Waals surface area contributed by atoms with Gasteiger partial charge in [-0.15, -0.1) is 0 Å². The van der Waals surface area contributed by atoms with Crippen LogP contribution in [0.25, 0.3) is 0 Å². The summed E-state index contributed by atoms with van der Waals surface area (Å²) in [7, 11) is -0.973. The number of carboxylic acid groups (broad SMARTS) is 1. The Morgan fingerprint density at radius 3 is 2.58 bits per heavy atom. The third kappa shape index (κ3) is 3.99. The smallest absolute Gasteiger partial charge is 0.338 e. The quantitative estimate of drug-likeness (QED) is 0.843. The van der Waals surface area contributed by atoms with E-state index in [2.05, 4.69) is 5.32 Å². The molecule has 0 aliphatic heterocycles. The summed E-state index contributed by atoms with van der Waals surface area (Å²) in [6.45, 7) is 2.12. The third-order valence-electron chi connectivity index (χ3n) is 2.75. The molecule has 2 unspecified atom stereocenters. The van der Waals surface area contributed by atoms with E-state index in [-0.39, 0.29) is 10.9 Å². The molecule has 106 valence electrons. The summed E-state index contributed by atoms with van der Waals surface area (Å²) in [5.41, 5.74) is -0.803. The molecular weight excluding hydrogens is 276 g/mol. The highest BCUT2D eigenvalue weighted by molar-refractivity contribution is 7.84. The zero-order valence-corrected chi connectivity index (χ0v) is 11.4. The van der Waals surface area contributed by atoms with Crippen LogP contribution in [0, 0.1) is 11.6 Å². The van der Waals surface area contributed by atoms with E-state index < -0.39 is 34.0 Å². The van der Waals surface area contributed by atoms with E-state index in [1.807, 2.05) is 0 Å². The highest BCUT2D eigenvalue weighted by Crippen LogP contribution is 2.20. The van der Waals surface area contributed by atoms with Gasteiger partial charge in [0.25, 0.3) is 0 Å². The number of halogens is 2. The Morgan fingerprint density at radius 1 is 1.42 bits per heavy atom. The fraction of sp³-hybridized carbons (Fsp3) is 0.417. The molecule has 0 fully saturated rings. The van der Waals surface area contributed by atoms with Crippen molar-refractivity contribution in [3.05, 3.63) is 29.3 Å². The first-order valence-electron chi connectivity index (χ1n) is 5.62. The van der Waals surface area contributed by atoms with Gasteiger partial charge in [0.1, 0.15) is 0 Å². The first-order chi connectivity index (χ1) is 8.84. The largest absolute Gasteiger partial charge is 0.478 e. The molecule has 1 aromatic carbocycles. The van der Waals surface area contributed by atoms with Crippen LogP contribution in [-0.4, -0.2) is 33.3 Å². The van der Waals surface area contributed by atoms with Crippen LogP contribution in [0.15, 0.2) is 12.1 Å². The van der Waals surface area contributed by atoms with Gasteiger partial charge in [0, 0.05) is 28.9 Å². The van der Waals surface area contributed by atoms with Crippen molar-refractivity contribution < 1.29 is 22.9 Å². The Kier molecular flexibility index (Phi) is 5.41. The Hall–Kier alpha value is -1.50. The van der Waals surface area contributed by atoms with Crippen molar-refractivity contribution >= 4 is 22.5 Å². The summed E-state index contributed by atoms with van der Waals surface area (Å²) in [5.74, 6) is -4.12. The Bertz CT molecular complexity index is 508. The van der Waals surface area contributed by atoms with Crippen LogP contribution in [-0.2, 0) is 10.8 Å². The van der Waals surface area contributed by atoms with Crippen LogP contribution in [0.3, 0.4) is 0 Å². The first-order valence-corrected chi connectivity index (χ1v) is 7.24. The summed E-state index contributed by atoms with van der Waals surface area (Å²) in [5, 5.41) is 11.2. The summed E-state index contributed by atoms with van der Waals surface area (Å²) in [6.07, 6.45) is 2.11. The Morgan fingerprint density at radius 2 is 2.05 bits per heavy atom. The second-order valence-electron chi connectivity index (χ2n) is 4.12. The van der Waals surface area contributed by atoms with E-state index in [4.69, 9.17) is 5.11 Å². The van der Waals surface area contributed by atoms with Gasteiger partial charge >= 0.3 is 5.97 Å². The number of hydrogen-bond acceptors (Lipinski definition) is 3. The summed E-state index contributed by atoms with van der Waals surface area (Å²) < 4.78 is 38.0. The molecule has 0 spiro atoms. The van der Waals surface area contributed by atoms with Gasteiger partial charge in [-0.1, -0.05) is 6.92 Å². The van der Waals surface area contributed by atoms with Crippen LogP contribution in [0.1, 0.15) is 23.7 Å². The average molecular weight is 291 g/mol. The van der Waals surface area contributed by atoms with Gasteiger partial charge in [0.2, 0.25) is 0 Å². The van der Waals surface area contributed by atoms with Crippen molar-refractivity contribution in [2.24, 2.45) is 0 Å². The molecule has 2 N–H and O–H groups in total. The molecule has 0 heterocycles. The van der Waals surface area contributed by atoms with Crippen molar-refractivity contribution in [1.29, 1.82) is 0 Å². The van der Waals surface area contributed by atoms with Crippen LogP contribution >= 0.6 is 0 Å². The van der Waals surface area contributed by atoms with Crippen LogP contribution in [0.2, 0.25) is 0 Å². The van der Waals surface area contributed by atoms with Gasteiger partial charge in [-0.2, -0.15) is 0 Å². The lowest BCUT2D eigenvalue weighted by Crippen LogP contribution is -2.16. The second-order valence-corrected chi connectivity index (χ2v) is 5.92. The fourth-order valence-electron chi connectivity index (χ4n) is 1.43. The molecule has 19 heavy (non-hydrogen) atoms. The molecule has 0 saturated heterocycles. The van der Waals surface area contributed by atoms with Gasteiger partial charge in [0.05, 0.1) is 11.3 Å². The maximum atomic E-state index is 13.5. The highest BCUT2D eigenvalue weighted by Gasteiger charge is 2.17. The predicted molar refractivity (Wildman–Crippen MR) is 70.0 cm³/mol. The highest BCUT2D eigenvalue weighted by atomic mass is 32.2. The Labute approximate surface area is 112 Å². The zero-order chi connectivity index (χ0) is 14.6. The minimum absolute atomic E-state index is 0.0568. The number of nitrogens with one attached hydrogen (secondary N) is 1. The molecule has 0 aliphatic carbocycles. The van der Waals surface area contributed by atoms with Crippen molar-refractivity contribution in [3.8, 4) is 0 Å². The van der Waals surface area contributed by atoms with Crippen molar-refractivity contribution in [2.75, 3.05) is 18.1 Å². The summed E-state index contributed by atoms with van der Waals surface area (Å²) in [4.78, 5) is 10.6. The fourth-order valence-corrected chi connectivity index (χ4v) is 1.88. The normalized spacial score (nSPS) is 13.9. The molecule has 2 atom stereocenters. The molecule has 0 aromatic heterocycles. The molecular formula is C12H15F2NO3S. The van der Waals surface area contributed by atoms with Gasteiger partial charge in [-0.25, -0.2) is 13.6 Å². The molecule has 0 bridgehead atoms. The standard InChI is InChI=1S/C12H15F2NO3S/c1-7(19(2)18)5-6-15-9-4-3-8(12(16)17)10(13)11(9)14/h3-4,7,15H,5-6H2,1-2H3,(H,16,17). The van der Waals surface area contributed by atoms with Crippen molar-refractivity contribution in [1.82, 2.24) is 0 Å². The maximum absolute atomic E-state index is 13.5. The van der Waals surface area contributed by atoms with Gasteiger partial charge in [0.15, 0.2) is 11.6 Å². The van der Waals surface area contributed by atoms with Crippen LogP contribution in [0.5, 0.6) is 0 Å². The van der Waals surface area contributed by atoms with E-state index in [1.165, 1.54) is 6.07 Å². The van der Waals surface area contributed by atoms with E-state index in [0.717, 1.165) is 6.07 Å². The molecule has 0 radical (unpaired) electrons. The van der Waals surface area contributed by atoms with Crippen LogP contribution in [0.4, 0.5) is 14.5 Å². The van der Waals surface area contributed by atoms with Crippen molar-refractivity contribution in [3.63, 3.8) is 0 Å². The van der Waals surface area contributed by atoms with Crippen LogP contribution < -0.4 is 5.32 Å². The zero-order valence-electron chi connectivity index (χ0n) is 10.6. The summed E-state index contributed by atoms with van der Waals surface area (Å²) in [6, 6.07) is 2.18. The van der Waals surface area contributed by atoms with Gasteiger partial charge in [-0.3, -0.25) is 4.21 Å². The number of aromatic carboxylic acids is 1. The number of carbonyl (C=O) groups is 1. The maximum Gasteiger partial charge on any atom is 0.338 e. The monoisotopic (exact) mass is 291 g/mol. The second kappa shape index (κ2) is 6.60. The van der Waals surface area contributed by atoms with Crippen molar-refractivity contribution in [2.45, 2.75) is 18.6 Å². The SMILES string of the molecule is CC(CCNc1ccc(C(=O)O)c(F)c1F)S(C)=O. The third-order valence-corrected chi connectivity index (χ3v) is 4.11. The Balaban J connectivity index is 2.73. The number of benzene rings is 1. The molecule has 0 aliphatic rings. The number of anilines is 1. The number of carboxylic acids is 1. The van der Waals surface area contributed by atoms with Gasteiger partial charge < -0.3 is 10.4 Å². The minimum atomic E-state index is -1.52. The molecule has 1 rings (SSSR count). The minimum Gasteiger partial charge on any atom is -0.478 e. The molecule has 4 nitrogen and oxygen atoms in total. The van der Waals surface area contributed by atoms with E-state index in [1.54, 1.807) is 13.2 Å². The topological polar surface area (TPSA) is 66.4 Å². The average Bonchev–Trinajstić information content (AvgIpc) is 2.33. The van der Waals surface area contributed by atoms with Gasteiger partial charge in [-0.05, 0) is 18.6 Å². The lowest BCUT2D eigenvalue weighted by Gasteiger charge is -2.11. The molecule has 0 saturated carbocycles. The number of rotatable bonds is 6. The lowest BCUT2D eigenvalue weighted by atomic mass is 10.1. The van der Waals surface area contributed by atoms with E-state index in [0.29, 0.717) is 13.0 Å². The summed E-state index contributed by atoms with van der Waals surface area (Å²) >= 11 is 0.